The van der Waals surface area contributed by atoms with Gasteiger partial charge in [0.2, 0.25) is 0 Å². The molecule has 0 aliphatic rings. The molecular weight excluding hydrogens is 905 g/mol. The van der Waals surface area contributed by atoms with Crippen LogP contribution in [0.25, 0.3) is 0 Å². The predicted molar refractivity (Wildman–Crippen MR) is 285 cm³/mol. The van der Waals surface area contributed by atoms with E-state index in [1.165, 1.54) is 103 Å². The highest BCUT2D eigenvalue weighted by molar-refractivity contribution is 5.70. The van der Waals surface area contributed by atoms with Crippen molar-refractivity contribution in [1.82, 2.24) is 10.2 Å². The van der Waals surface area contributed by atoms with Crippen LogP contribution in [-0.2, 0) is 47.5 Å². The molecule has 71 heavy (non-hydrogen) atoms. The summed E-state index contributed by atoms with van der Waals surface area (Å²) in [5, 5.41) is 2.78. The van der Waals surface area contributed by atoms with Crippen LogP contribution in [0.5, 0.6) is 0 Å². The maximum Gasteiger partial charge on any atom is 0.508 e. The third-order valence-corrected chi connectivity index (χ3v) is 12.9. The minimum absolute atomic E-state index is 0.0362. The molecule has 0 heterocycles. The number of rotatable bonds is 53. The number of methoxy groups -OCH3 is 1. The molecule has 0 bridgehead atoms. The van der Waals surface area contributed by atoms with Crippen molar-refractivity contribution in [2.45, 2.75) is 259 Å². The van der Waals surface area contributed by atoms with E-state index < -0.39 is 24.1 Å². The van der Waals surface area contributed by atoms with E-state index in [0.29, 0.717) is 58.3 Å². The van der Waals surface area contributed by atoms with Crippen molar-refractivity contribution >= 4 is 30.2 Å². The fourth-order valence-corrected chi connectivity index (χ4v) is 8.34. The molecule has 0 saturated heterocycles. The van der Waals surface area contributed by atoms with Gasteiger partial charge in [0.05, 0.1) is 19.1 Å². The molecule has 1 atom stereocenters. The Kier molecular flexibility index (Phi) is 50.8. The quantitative estimate of drug-likeness (QED) is 0.0348. The van der Waals surface area contributed by atoms with Gasteiger partial charge < -0.3 is 43.4 Å². The van der Waals surface area contributed by atoms with E-state index >= 15 is 0 Å². The second kappa shape index (κ2) is 53.2. The number of unbranched alkanes of at least 4 members (excludes halogenated alkanes) is 23. The Morgan fingerprint density at radius 1 is 0.423 bits per heavy atom. The number of hydrogen-bond acceptors (Lipinski definition) is 13. The topological polar surface area (TPSA) is 165 Å². The van der Waals surface area contributed by atoms with Crippen molar-refractivity contribution < 1.29 is 57.1 Å². The van der Waals surface area contributed by atoms with E-state index in [9.17, 15) is 24.0 Å². The van der Waals surface area contributed by atoms with Gasteiger partial charge in [0.15, 0.2) is 0 Å². The van der Waals surface area contributed by atoms with Gasteiger partial charge in [-0.05, 0) is 77.2 Å². The average Bonchev–Trinajstić information content (AvgIpc) is 3.36. The number of alkyl carbamates (subject to hydrolysis) is 1. The molecule has 418 valence electrons. The molecule has 0 radical (unpaired) electrons. The van der Waals surface area contributed by atoms with Crippen LogP contribution < -0.4 is 5.32 Å². The molecule has 14 heteroatoms. The summed E-state index contributed by atoms with van der Waals surface area (Å²) in [5.41, 5.74) is 0. The molecule has 1 N–H and O–H groups in total. The number of amides is 1. The zero-order valence-corrected chi connectivity index (χ0v) is 46.3. The molecule has 0 aromatic rings. The second-order valence-electron chi connectivity index (χ2n) is 19.6. The van der Waals surface area contributed by atoms with E-state index in [1.54, 1.807) is 7.11 Å². The SMILES string of the molecule is CCCCCCCCCCOC(=O)CCCCCC(=O)OCC(COC(=O)NCCCCCCCC(=O)OC(CCCCCCCC)CCCCCCCC)COC(=O)OCCCN(CC)CCCOC. The maximum atomic E-state index is 12.8. The molecule has 0 saturated carbocycles. The van der Waals surface area contributed by atoms with Crippen molar-refractivity contribution in [2.24, 2.45) is 5.92 Å². The highest BCUT2D eigenvalue weighted by atomic mass is 16.7. The van der Waals surface area contributed by atoms with Gasteiger partial charge in [-0.1, -0.05) is 163 Å². The molecule has 0 aliphatic carbocycles. The number of hydrogen-bond donors (Lipinski definition) is 1. The summed E-state index contributed by atoms with van der Waals surface area (Å²) in [6.07, 6.45) is 33.6. The van der Waals surface area contributed by atoms with Crippen LogP contribution >= 0.6 is 0 Å². The van der Waals surface area contributed by atoms with Crippen LogP contribution in [0.2, 0.25) is 0 Å². The smallest absolute Gasteiger partial charge is 0.466 e. The number of esters is 3. The molecule has 1 amide bonds. The summed E-state index contributed by atoms with van der Waals surface area (Å²) >= 11 is 0. The Morgan fingerprint density at radius 3 is 1.42 bits per heavy atom. The summed E-state index contributed by atoms with van der Waals surface area (Å²) in [6.45, 7) is 12.7. The lowest BCUT2D eigenvalue weighted by atomic mass is 10.0. The third kappa shape index (κ3) is 48.9. The third-order valence-electron chi connectivity index (χ3n) is 12.9. The lowest BCUT2D eigenvalue weighted by Gasteiger charge is -2.20. The number of nitrogens with zero attached hydrogens (tertiary/aromatic N) is 1. The Hall–Kier alpha value is -3.13. The van der Waals surface area contributed by atoms with Crippen LogP contribution in [-0.4, -0.2) is 114 Å². The molecule has 0 aliphatic heterocycles. The van der Waals surface area contributed by atoms with Gasteiger partial charge in [-0.25, -0.2) is 9.59 Å². The monoisotopic (exact) mass is 1010 g/mol. The van der Waals surface area contributed by atoms with Crippen molar-refractivity contribution in [3.8, 4) is 0 Å². The van der Waals surface area contributed by atoms with Gasteiger partial charge in [0.25, 0.3) is 0 Å². The fourth-order valence-electron chi connectivity index (χ4n) is 8.34. The van der Waals surface area contributed by atoms with E-state index in [2.05, 4.69) is 37.9 Å². The zero-order chi connectivity index (χ0) is 52.1. The van der Waals surface area contributed by atoms with E-state index in [0.717, 1.165) is 96.7 Å². The molecule has 0 aromatic carbocycles. The molecule has 0 rings (SSSR count). The Morgan fingerprint density at radius 2 is 0.859 bits per heavy atom. The van der Waals surface area contributed by atoms with E-state index in [4.69, 9.17) is 33.2 Å². The molecular formula is C57H108N2O12. The van der Waals surface area contributed by atoms with Gasteiger partial charge in [0.1, 0.15) is 25.9 Å². The fraction of sp³-hybridized carbons (Fsp3) is 0.912. The first-order valence-electron chi connectivity index (χ1n) is 29.1. The van der Waals surface area contributed by atoms with Crippen molar-refractivity contribution in [3.63, 3.8) is 0 Å². The lowest BCUT2D eigenvalue weighted by Crippen LogP contribution is -2.31. The van der Waals surface area contributed by atoms with Crippen LogP contribution in [0.3, 0.4) is 0 Å². The van der Waals surface area contributed by atoms with Gasteiger partial charge >= 0.3 is 30.2 Å². The summed E-state index contributed by atoms with van der Waals surface area (Å²) in [5.74, 6) is -1.30. The normalized spacial score (nSPS) is 11.7. The van der Waals surface area contributed by atoms with Crippen molar-refractivity contribution in [1.29, 1.82) is 0 Å². The van der Waals surface area contributed by atoms with Crippen LogP contribution in [0.1, 0.15) is 252 Å². The minimum Gasteiger partial charge on any atom is -0.466 e. The molecule has 0 aromatic heterocycles. The van der Waals surface area contributed by atoms with Crippen LogP contribution in [0.4, 0.5) is 9.59 Å². The summed E-state index contributed by atoms with van der Waals surface area (Å²) in [7, 11) is 1.69. The predicted octanol–water partition coefficient (Wildman–Crippen LogP) is 14.2. The number of carbonyl (C=O) groups excluding carboxylic acids is 5. The summed E-state index contributed by atoms with van der Waals surface area (Å²) in [6, 6.07) is 0. The first-order chi connectivity index (χ1) is 34.7. The number of ether oxygens (including phenoxy) is 7. The van der Waals surface area contributed by atoms with Crippen molar-refractivity contribution in [3.05, 3.63) is 0 Å². The molecule has 0 spiro atoms. The molecule has 14 nitrogen and oxygen atoms in total. The maximum absolute atomic E-state index is 12.8. The number of nitrogens with one attached hydrogen (secondary N) is 1. The van der Waals surface area contributed by atoms with Crippen LogP contribution in [0, 0.1) is 5.92 Å². The first-order valence-corrected chi connectivity index (χ1v) is 29.1. The average molecular weight is 1010 g/mol. The first kappa shape index (κ1) is 67.9. The Bertz CT molecular complexity index is 1220. The molecule has 1 unspecified atom stereocenters. The lowest BCUT2D eigenvalue weighted by molar-refractivity contribution is -0.150. The van der Waals surface area contributed by atoms with E-state index in [1.807, 2.05) is 0 Å². The second-order valence-corrected chi connectivity index (χ2v) is 19.6. The Labute approximate surface area is 433 Å². The van der Waals surface area contributed by atoms with Gasteiger partial charge in [0, 0.05) is 52.6 Å². The van der Waals surface area contributed by atoms with Crippen molar-refractivity contribution in [2.75, 3.05) is 72.9 Å². The van der Waals surface area contributed by atoms with Crippen LogP contribution in [0.15, 0.2) is 0 Å². The van der Waals surface area contributed by atoms with Gasteiger partial charge in [-0.15, -0.1) is 0 Å². The highest BCUT2D eigenvalue weighted by Gasteiger charge is 2.19. The van der Waals surface area contributed by atoms with Gasteiger partial charge in [-0.2, -0.15) is 0 Å². The minimum atomic E-state index is -0.836. The van der Waals surface area contributed by atoms with E-state index in [-0.39, 0.29) is 50.9 Å². The Balaban J connectivity index is 4.67. The summed E-state index contributed by atoms with van der Waals surface area (Å²) < 4.78 is 38.1. The largest absolute Gasteiger partial charge is 0.508 e. The highest BCUT2D eigenvalue weighted by Crippen LogP contribution is 2.19. The van der Waals surface area contributed by atoms with Gasteiger partial charge in [-0.3, -0.25) is 14.4 Å². The number of carbonyl (C=O) groups is 5. The molecule has 0 fully saturated rings. The zero-order valence-electron chi connectivity index (χ0n) is 46.3. The standard InChI is InChI=1S/C57H108N2O12/c1-6-10-13-16-19-20-26-34-46-66-53(60)39-31-27-32-40-54(61)68-48-51(50-70-57(64)67-47-36-44-59(9-4)43-35-45-65-5)49-69-56(63)58-42-33-25-21-24-30-41-55(62)71-52(37-28-22-17-14-11-7-2)38-29-23-18-15-12-8-3/h51-52H,6-50H2,1-5H3,(H,58,63). The summed E-state index contributed by atoms with van der Waals surface area (Å²) in [4.78, 5) is 64.9.